The molecule has 1 aliphatic carbocycles. The molecule has 1 fully saturated rings. The SMILES string of the molecule is CN(CC(O)C1CC1)C(=O)C(Cc1ccccc1)n1cnnn1. The molecule has 1 heterocycles. The lowest BCUT2D eigenvalue weighted by atomic mass is 10.0. The summed E-state index contributed by atoms with van der Waals surface area (Å²) in [6.07, 6.45) is 3.61. The smallest absolute Gasteiger partial charge is 0.247 e. The van der Waals surface area contributed by atoms with Crippen molar-refractivity contribution in [2.24, 2.45) is 5.92 Å². The number of nitrogens with zero attached hydrogens (tertiary/aromatic N) is 5. The van der Waals surface area contributed by atoms with Crippen LogP contribution in [0.25, 0.3) is 0 Å². The maximum atomic E-state index is 12.8. The molecule has 1 saturated carbocycles. The van der Waals surface area contributed by atoms with Gasteiger partial charge in [-0.05, 0) is 34.7 Å². The van der Waals surface area contributed by atoms with E-state index in [1.807, 2.05) is 30.3 Å². The Balaban J connectivity index is 1.73. The molecule has 0 bridgehead atoms. The minimum Gasteiger partial charge on any atom is -0.391 e. The second-order valence-electron chi connectivity index (χ2n) is 6.12. The molecule has 7 nitrogen and oxygen atoms in total. The average Bonchev–Trinajstić information content (AvgIpc) is 3.28. The normalized spacial score (nSPS) is 16.8. The number of carbonyl (C=O) groups is 1. The highest BCUT2D eigenvalue weighted by atomic mass is 16.3. The first-order valence-corrected chi connectivity index (χ1v) is 7.84. The first kappa shape index (κ1) is 15.6. The lowest BCUT2D eigenvalue weighted by Gasteiger charge is -2.25. The molecule has 1 aliphatic rings. The van der Waals surface area contributed by atoms with Gasteiger partial charge in [0.15, 0.2) is 0 Å². The van der Waals surface area contributed by atoms with Crippen molar-refractivity contribution in [1.29, 1.82) is 0 Å². The second-order valence-corrected chi connectivity index (χ2v) is 6.12. The Morgan fingerprint density at radius 3 is 2.74 bits per heavy atom. The molecule has 0 aliphatic heterocycles. The van der Waals surface area contributed by atoms with Crippen LogP contribution in [-0.4, -0.2) is 55.8 Å². The van der Waals surface area contributed by atoms with Crippen LogP contribution in [0.1, 0.15) is 24.4 Å². The molecule has 122 valence electrons. The number of hydrogen-bond acceptors (Lipinski definition) is 5. The van der Waals surface area contributed by atoms with E-state index in [2.05, 4.69) is 15.5 Å². The van der Waals surface area contributed by atoms with Crippen LogP contribution < -0.4 is 0 Å². The molecular weight excluding hydrogens is 294 g/mol. The summed E-state index contributed by atoms with van der Waals surface area (Å²) in [6, 6.07) is 9.26. The molecule has 0 spiro atoms. The Hall–Kier alpha value is -2.28. The van der Waals surface area contributed by atoms with Crippen molar-refractivity contribution in [2.45, 2.75) is 31.4 Å². The molecule has 1 aromatic carbocycles. The van der Waals surface area contributed by atoms with Gasteiger partial charge in [0.2, 0.25) is 5.91 Å². The van der Waals surface area contributed by atoms with Gasteiger partial charge in [0, 0.05) is 20.0 Å². The number of aliphatic hydroxyl groups excluding tert-OH is 1. The molecule has 23 heavy (non-hydrogen) atoms. The zero-order valence-corrected chi connectivity index (χ0v) is 13.1. The second kappa shape index (κ2) is 6.87. The van der Waals surface area contributed by atoms with E-state index < -0.39 is 12.1 Å². The van der Waals surface area contributed by atoms with Gasteiger partial charge in [-0.15, -0.1) is 5.10 Å². The first-order valence-electron chi connectivity index (χ1n) is 7.84. The molecule has 7 heteroatoms. The third-order valence-electron chi connectivity index (χ3n) is 4.24. The number of hydrogen-bond donors (Lipinski definition) is 1. The number of rotatable bonds is 7. The van der Waals surface area contributed by atoms with Crippen LogP contribution in [0.2, 0.25) is 0 Å². The predicted octanol–water partition coefficient (Wildman–Crippen LogP) is 0.686. The molecule has 0 radical (unpaired) electrons. The monoisotopic (exact) mass is 315 g/mol. The third kappa shape index (κ3) is 3.92. The Kier molecular flexibility index (Phi) is 4.66. The van der Waals surface area contributed by atoms with Crippen LogP contribution in [0, 0.1) is 5.92 Å². The summed E-state index contributed by atoms with van der Waals surface area (Å²) in [5, 5.41) is 21.2. The molecule has 3 rings (SSSR count). The molecule has 2 atom stereocenters. The molecule has 0 saturated heterocycles. The summed E-state index contributed by atoms with van der Waals surface area (Å²) in [5.74, 6) is 0.242. The number of amides is 1. The number of likely N-dealkylation sites (N-methyl/N-ethyl adjacent to an activating group) is 1. The summed E-state index contributed by atoms with van der Waals surface area (Å²) < 4.78 is 1.48. The highest BCUT2D eigenvalue weighted by Crippen LogP contribution is 2.33. The Labute approximate surface area is 134 Å². The fourth-order valence-electron chi connectivity index (χ4n) is 2.70. The van der Waals surface area contributed by atoms with Gasteiger partial charge in [0.05, 0.1) is 6.10 Å². The van der Waals surface area contributed by atoms with Crippen LogP contribution in [0.15, 0.2) is 36.7 Å². The standard InChI is InChI=1S/C16H21N5O2/c1-20(10-15(22)13-7-8-13)16(23)14(21-11-17-18-19-21)9-12-5-3-2-4-6-12/h2-6,11,13-15,22H,7-10H2,1H3. The molecule has 1 aromatic heterocycles. The largest absolute Gasteiger partial charge is 0.391 e. The van der Waals surface area contributed by atoms with Crippen LogP contribution in [0.5, 0.6) is 0 Å². The fourth-order valence-corrected chi connectivity index (χ4v) is 2.70. The zero-order valence-electron chi connectivity index (χ0n) is 13.1. The van der Waals surface area contributed by atoms with Crippen LogP contribution in [0.3, 0.4) is 0 Å². The summed E-state index contributed by atoms with van der Waals surface area (Å²) in [6.45, 7) is 0.344. The molecule has 1 amide bonds. The minimum absolute atomic E-state index is 0.0964. The van der Waals surface area contributed by atoms with Gasteiger partial charge in [-0.3, -0.25) is 4.79 Å². The highest BCUT2D eigenvalue weighted by molar-refractivity contribution is 5.80. The van der Waals surface area contributed by atoms with Crippen LogP contribution >= 0.6 is 0 Å². The highest BCUT2D eigenvalue weighted by Gasteiger charge is 2.33. The topological polar surface area (TPSA) is 84.1 Å². The van der Waals surface area contributed by atoms with E-state index >= 15 is 0 Å². The van der Waals surface area contributed by atoms with E-state index in [0.29, 0.717) is 18.9 Å². The van der Waals surface area contributed by atoms with Gasteiger partial charge in [-0.2, -0.15) is 0 Å². The van der Waals surface area contributed by atoms with Crippen molar-refractivity contribution >= 4 is 5.91 Å². The van der Waals surface area contributed by atoms with Crippen molar-refractivity contribution < 1.29 is 9.90 Å². The molecule has 2 unspecified atom stereocenters. The maximum absolute atomic E-state index is 12.8. The summed E-state index contributed by atoms with van der Waals surface area (Å²) in [5.41, 5.74) is 1.04. The number of aliphatic hydroxyl groups is 1. The molecule has 1 N–H and O–H groups in total. The first-order chi connectivity index (χ1) is 11.1. The summed E-state index contributed by atoms with van der Waals surface area (Å²) in [4.78, 5) is 14.4. The number of tetrazole rings is 1. The number of benzene rings is 1. The van der Waals surface area contributed by atoms with E-state index in [-0.39, 0.29) is 5.91 Å². The van der Waals surface area contributed by atoms with Crippen molar-refractivity contribution in [2.75, 3.05) is 13.6 Å². The Bertz CT molecular complexity index is 627. The lowest BCUT2D eigenvalue weighted by molar-refractivity contribution is -0.135. The van der Waals surface area contributed by atoms with Gasteiger partial charge in [-0.1, -0.05) is 30.3 Å². The van der Waals surface area contributed by atoms with Gasteiger partial charge in [0.1, 0.15) is 12.4 Å². The molecule has 2 aromatic rings. The third-order valence-corrected chi connectivity index (χ3v) is 4.24. The maximum Gasteiger partial charge on any atom is 0.247 e. The van der Waals surface area contributed by atoms with Crippen molar-refractivity contribution in [3.05, 3.63) is 42.2 Å². The minimum atomic E-state index is -0.510. The zero-order chi connectivity index (χ0) is 16.2. The quantitative estimate of drug-likeness (QED) is 0.812. The van der Waals surface area contributed by atoms with E-state index in [0.717, 1.165) is 18.4 Å². The van der Waals surface area contributed by atoms with Crippen LogP contribution in [-0.2, 0) is 11.2 Å². The average molecular weight is 315 g/mol. The molecular formula is C16H21N5O2. The lowest BCUT2D eigenvalue weighted by Crippen LogP contribution is -2.40. The van der Waals surface area contributed by atoms with Gasteiger partial charge < -0.3 is 10.0 Å². The van der Waals surface area contributed by atoms with Crippen molar-refractivity contribution in [1.82, 2.24) is 25.1 Å². The van der Waals surface area contributed by atoms with Crippen molar-refractivity contribution in [3.8, 4) is 0 Å². The Morgan fingerprint density at radius 2 is 2.13 bits per heavy atom. The fraction of sp³-hybridized carbons (Fsp3) is 0.500. The van der Waals surface area contributed by atoms with E-state index in [1.165, 1.54) is 11.0 Å². The number of aromatic nitrogens is 4. The van der Waals surface area contributed by atoms with E-state index in [9.17, 15) is 9.90 Å². The van der Waals surface area contributed by atoms with Crippen LogP contribution in [0.4, 0.5) is 0 Å². The van der Waals surface area contributed by atoms with Gasteiger partial charge in [0.25, 0.3) is 0 Å². The Morgan fingerprint density at radius 1 is 1.39 bits per heavy atom. The van der Waals surface area contributed by atoms with E-state index in [1.54, 1.807) is 11.9 Å². The van der Waals surface area contributed by atoms with Gasteiger partial charge in [-0.25, -0.2) is 4.68 Å². The van der Waals surface area contributed by atoms with Gasteiger partial charge >= 0.3 is 0 Å². The predicted molar refractivity (Wildman–Crippen MR) is 83.4 cm³/mol. The summed E-state index contributed by atoms with van der Waals surface area (Å²) >= 11 is 0. The summed E-state index contributed by atoms with van der Waals surface area (Å²) in [7, 11) is 1.72. The number of carbonyl (C=O) groups excluding carboxylic acids is 1. The van der Waals surface area contributed by atoms with Crippen molar-refractivity contribution in [3.63, 3.8) is 0 Å². The van der Waals surface area contributed by atoms with E-state index in [4.69, 9.17) is 0 Å².